The number of benzene rings is 2. The summed E-state index contributed by atoms with van der Waals surface area (Å²) < 4.78 is 1.73. The molecule has 158 valence electrons. The fourth-order valence-corrected chi connectivity index (χ4v) is 4.64. The van der Waals surface area contributed by atoms with Gasteiger partial charge in [0, 0.05) is 23.3 Å². The smallest absolute Gasteiger partial charge is 0.226 e. The van der Waals surface area contributed by atoms with Crippen molar-refractivity contribution >= 4 is 34.9 Å². The minimum Gasteiger partial charge on any atom is -0.508 e. The Bertz CT molecular complexity index is 1240. The highest BCUT2D eigenvalue weighted by Crippen LogP contribution is 2.46. The minimum absolute atomic E-state index is 0.0853. The number of anilines is 1. The standard InChI is InChI=1S/C23H20Cl2N4O2/c1-23(2)10-17-19(18(31)11-23)20(13-5-8-15(24)16(25)9-13)29-22(26-17)27-21(28-29)12-3-6-14(30)7-4-12/h3-9,20,30H,10-11H2,1-2H3,(H,26,27,28). The van der Waals surface area contributed by atoms with E-state index < -0.39 is 6.04 Å². The van der Waals surface area contributed by atoms with E-state index in [1.807, 2.05) is 6.07 Å². The van der Waals surface area contributed by atoms with E-state index in [1.54, 1.807) is 41.1 Å². The lowest BCUT2D eigenvalue weighted by Gasteiger charge is -2.38. The summed E-state index contributed by atoms with van der Waals surface area (Å²) in [6.07, 6.45) is 1.19. The first-order valence-electron chi connectivity index (χ1n) is 9.96. The van der Waals surface area contributed by atoms with Crippen molar-refractivity contribution < 1.29 is 9.90 Å². The highest BCUT2D eigenvalue weighted by molar-refractivity contribution is 6.42. The number of Topliss-reactive ketones (excluding diaryl/α,β-unsaturated/α-hetero) is 1. The molecule has 0 saturated carbocycles. The summed E-state index contributed by atoms with van der Waals surface area (Å²) in [5.41, 5.74) is 2.99. The lowest BCUT2D eigenvalue weighted by molar-refractivity contribution is -0.118. The van der Waals surface area contributed by atoms with Crippen molar-refractivity contribution in [1.29, 1.82) is 0 Å². The second-order valence-corrected chi connectivity index (χ2v) is 9.60. The Morgan fingerprint density at radius 3 is 2.55 bits per heavy atom. The third-order valence-corrected chi connectivity index (χ3v) is 6.46. The molecule has 3 aromatic rings. The zero-order valence-corrected chi connectivity index (χ0v) is 18.5. The number of hydrogen-bond donors (Lipinski definition) is 2. The molecule has 1 unspecified atom stereocenters. The SMILES string of the molecule is CC1(C)CC(=O)C2=C(C1)Nc1nc(-c3ccc(O)cc3)nn1C2c1ccc(Cl)c(Cl)c1. The summed E-state index contributed by atoms with van der Waals surface area (Å²) in [5.74, 6) is 1.31. The molecule has 31 heavy (non-hydrogen) atoms. The van der Waals surface area contributed by atoms with Gasteiger partial charge in [-0.25, -0.2) is 4.68 Å². The third kappa shape index (κ3) is 3.50. The summed E-state index contributed by atoms with van der Waals surface area (Å²) in [6.45, 7) is 4.18. The normalized spacial score (nSPS) is 19.6. The maximum absolute atomic E-state index is 13.3. The Labute approximate surface area is 189 Å². The summed E-state index contributed by atoms with van der Waals surface area (Å²) in [6, 6.07) is 11.6. The molecule has 1 aliphatic carbocycles. The number of hydrogen-bond acceptors (Lipinski definition) is 5. The second kappa shape index (κ2) is 7.11. The van der Waals surface area contributed by atoms with Crippen LogP contribution in [-0.2, 0) is 4.79 Å². The van der Waals surface area contributed by atoms with E-state index in [2.05, 4.69) is 24.1 Å². The molecule has 0 bridgehead atoms. The Morgan fingerprint density at radius 1 is 1.10 bits per heavy atom. The van der Waals surface area contributed by atoms with E-state index in [1.165, 1.54) is 0 Å². The first-order chi connectivity index (χ1) is 14.7. The van der Waals surface area contributed by atoms with Crippen LogP contribution in [0, 0.1) is 5.41 Å². The number of carbonyl (C=O) groups is 1. The number of allylic oxidation sites excluding steroid dienone is 2. The molecule has 2 heterocycles. The molecule has 6 nitrogen and oxygen atoms in total. The van der Waals surface area contributed by atoms with Gasteiger partial charge < -0.3 is 10.4 Å². The first kappa shape index (κ1) is 20.1. The van der Waals surface area contributed by atoms with Crippen molar-refractivity contribution in [3.05, 3.63) is 69.3 Å². The van der Waals surface area contributed by atoms with Crippen LogP contribution in [0.15, 0.2) is 53.7 Å². The van der Waals surface area contributed by atoms with Gasteiger partial charge in [0.05, 0.1) is 10.0 Å². The lowest BCUT2D eigenvalue weighted by Crippen LogP contribution is -2.36. The summed E-state index contributed by atoms with van der Waals surface area (Å²) in [7, 11) is 0. The Kier molecular flexibility index (Phi) is 4.61. The number of aromatic nitrogens is 3. The van der Waals surface area contributed by atoms with E-state index >= 15 is 0 Å². The van der Waals surface area contributed by atoms with Gasteiger partial charge in [0.25, 0.3) is 0 Å². The van der Waals surface area contributed by atoms with Crippen LogP contribution < -0.4 is 5.32 Å². The molecule has 8 heteroatoms. The summed E-state index contributed by atoms with van der Waals surface area (Å²) in [4.78, 5) is 17.9. The van der Waals surface area contributed by atoms with E-state index in [9.17, 15) is 9.90 Å². The van der Waals surface area contributed by atoms with E-state index in [-0.39, 0.29) is 16.9 Å². The lowest BCUT2D eigenvalue weighted by atomic mass is 9.73. The number of phenolic OH excluding ortho intramolecular Hbond substituents is 1. The van der Waals surface area contributed by atoms with Gasteiger partial charge in [-0.3, -0.25) is 4.79 Å². The van der Waals surface area contributed by atoms with Crippen molar-refractivity contribution in [1.82, 2.24) is 14.8 Å². The van der Waals surface area contributed by atoms with Crippen LogP contribution in [0.3, 0.4) is 0 Å². The van der Waals surface area contributed by atoms with Crippen molar-refractivity contribution in [3.63, 3.8) is 0 Å². The molecule has 1 aromatic heterocycles. The number of carbonyl (C=O) groups excluding carboxylic acids is 1. The molecule has 0 fully saturated rings. The van der Waals surface area contributed by atoms with Gasteiger partial charge >= 0.3 is 0 Å². The zero-order valence-electron chi connectivity index (χ0n) is 17.0. The van der Waals surface area contributed by atoms with Crippen molar-refractivity contribution in [3.8, 4) is 17.1 Å². The van der Waals surface area contributed by atoms with E-state index in [4.69, 9.17) is 28.3 Å². The quantitative estimate of drug-likeness (QED) is 0.525. The fourth-order valence-electron chi connectivity index (χ4n) is 4.33. The number of nitrogens with one attached hydrogen (secondary N) is 1. The van der Waals surface area contributed by atoms with Crippen LogP contribution in [0.1, 0.15) is 38.3 Å². The maximum atomic E-state index is 13.3. The molecule has 2 aliphatic rings. The first-order valence-corrected chi connectivity index (χ1v) is 10.7. The van der Waals surface area contributed by atoms with Crippen molar-refractivity contribution in [2.75, 3.05) is 5.32 Å². The van der Waals surface area contributed by atoms with Crippen molar-refractivity contribution in [2.24, 2.45) is 5.41 Å². The largest absolute Gasteiger partial charge is 0.508 e. The van der Waals surface area contributed by atoms with Gasteiger partial charge in [-0.2, -0.15) is 4.98 Å². The monoisotopic (exact) mass is 454 g/mol. The van der Waals surface area contributed by atoms with Gasteiger partial charge in [-0.05, 0) is 53.8 Å². The molecule has 2 N–H and O–H groups in total. The van der Waals surface area contributed by atoms with E-state index in [0.29, 0.717) is 33.8 Å². The number of fused-ring (bicyclic) bond motifs is 1. The third-order valence-electron chi connectivity index (χ3n) is 5.72. The molecular formula is C23H20Cl2N4O2. The predicted molar refractivity (Wildman–Crippen MR) is 120 cm³/mol. The Hall–Kier alpha value is -2.83. The van der Waals surface area contributed by atoms with Gasteiger partial charge in [0.1, 0.15) is 11.8 Å². The fraction of sp³-hybridized carbons (Fsp3) is 0.261. The molecule has 2 aromatic carbocycles. The number of rotatable bonds is 2. The van der Waals surface area contributed by atoms with Gasteiger partial charge in [-0.1, -0.05) is 43.1 Å². The number of nitrogens with zero attached hydrogens (tertiary/aromatic N) is 3. The van der Waals surface area contributed by atoms with Crippen LogP contribution in [0.5, 0.6) is 5.75 Å². The summed E-state index contributed by atoms with van der Waals surface area (Å²) in [5, 5.41) is 18.5. The molecule has 1 atom stereocenters. The molecule has 1 aliphatic heterocycles. The van der Waals surface area contributed by atoms with Crippen LogP contribution in [0.25, 0.3) is 11.4 Å². The molecule has 0 saturated heterocycles. The van der Waals surface area contributed by atoms with Gasteiger partial charge in [0.15, 0.2) is 11.6 Å². The number of ketones is 1. The maximum Gasteiger partial charge on any atom is 0.226 e. The Morgan fingerprint density at radius 2 is 1.84 bits per heavy atom. The average molecular weight is 455 g/mol. The van der Waals surface area contributed by atoms with Crippen molar-refractivity contribution in [2.45, 2.75) is 32.7 Å². The number of aromatic hydroxyl groups is 1. The van der Waals surface area contributed by atoms with Crippen LogP contribution in [0.4, 0.5) is 5.95 Å². The van der Waals surface area contributed by atoms with Gasteiger partial charge in [0.2, 0.25) is 5.95 Å². The molecule has 0 amide bonds. The van der Waals surface area contributed by atoms with Crippen LogP contribution >= 0.6 is 23.2 Å². The highest BCUT2D eigenvalue weighted by atomic mass is 35.5. The Balaban J connectivity index is 1.69. The second-order valence-electron chi connectivity index (χ2n) is 8.78. The molecule has 0 spiro atoms. The van der Waals surface area contributed by atoms with Crippen LogP contribution in [-0.4, -0.2) is 25.7 Å². The topological polar surface area (TPSA) is 80.0 Å². The molecule has 0 radical (unpaired) electrons. The minimum atomic E-state index is -0.456. The van der Waals surface area contributed by atoms with Crippen LogP contribution in [0.2, 0.25) is 10.0 Å². The average Bonchev–Trinajstić information content (AvgIpc) is 3.11. The van der Waals surface area contributed by atoms with E-state index in [0.717, 1.165) is 23.2 Å². The zero-order chi connectivity index (χ0) is 21.9. The number of phenols is 1. The summed E-state index contributed by atoms with van der Waals surface area (Å²) >= 11 is 12.5. The van der Waals surface area contributed by atoms with Gasteiger partial charge in [-0.15, -0.1) is 5.10 Å². The highest BCUT2D eigenvalue weighted by Gasteiger charge is 2.42. The predicted octanol–water partition coefficient (Wildman–Crippen LogP) is 5.62. The molecule has 5 rings (SSSR count). The number of halogens is 2. The molecular weight excluding hydrogens is 435 g/mol.